The molecule has 0 radical (unpaired) electrons. The zero-order chi connectivity index (χ0) is 19.4. The fraction of sp³-hybridized carbons (Fsp3) is 0.0952. The molecule has 0 aliphatic carbocycles. The van der Waals surface area contributed by atoms with Gasteiger partial charge in [-0.3, -0.25) is 4.99 Å². The van der Waals surface area contributed by atoms with Gasteiger partial charge in [0.2, 0.25) is 0 Å². The van der Waals surface area contributed by atoms with Gasteiger partial charge >= 0.3 is 0 Å². The molecule has 0 saturated carbocycles. The summed E-state index contributed by atoms with van der Waals surface area (Å²) in [5.74, 6) is 0.425. The Bertz CT molecular complexity index is 978. The van der Waals surface area contributed by atoms with Gasteiger partial charge < -0.3 is 4.74 Å². The van der Waals surface area contributed by atoms with E-state index in [1.54, 1.807) is 24.4 Å². The number of aliphatic imine (C=N–C) groups is 1. The number of nitrogens with zero attached hydrogens (tertiary/aromatic N) is 1. The van der Waals surface area contributed by atoms with Crippen LogP contribution >= 0.6 is 46.4 Å². The minimum absolute atomic E-state index is 0.315. The van der Waals surface area contributed by atoms with Crippen molar-refractivity contribution in [3.63, 3.8) is 0 Å². The molecule has 3 rings (SSSR count). The molecule has 3 aromatic rings. The fourth-order valence-electron chi connectivity index (χ4n) is 2.45. The van der Waals surface area contributed by atoms with Crippen molar-refractivity contribution in [1.29, 1.82) is 0 Å². The van der Waals surface area contributed by atoms with Crippen LogP contribution in [0.1, 0.15) is 16.7 Å². The lowest BCUT2D eigenvalue weighted by molar-refractivity contribution is 0.306. The normalized spacial score (nSPS) is 11.1. The lowest BCUT2D eigenvalue weighted by Gasteiger charge is -2.11. The number of rotatable bonds is 5. The molecular formula is C21H15Cl4NO. The third-order valence-electron chi connectivity index (χ3n) is 3.88. The third kappa shape index (κ3) is 5.18. The summed E-state index contributed by atoms with van der Waals surface area (Å²) in [6.45, 7) is 2.23. The van der Waals surface area contributed by atoms with Crippen LogP contribution in [-0.2, 0) is 6.61 Å². The molecule has 27 heavy (non-hydrogen) atoms. The minimum Gasteiger partial charge on any atom is -0.486 e. The first-order chi connectivity index (χ1) is 12.9. The lowest BCUT2D eigenvalue weighted by atomic mass is 10.2. The van der Waals surface area contributed by atoms with Gasteiger partial charge in [-0.05, 0) is 60.0 Å². The van der Waals surface area contributed by atoms with Gasteiger partial charge in [-0.1, -0.05) is 64.6 Å². The SMILES string of the molecule is Cc1c(Cl)cccc1N=Cc1cc(Cl)c(OCc2cccc(Cl)c2)c(Cl)c1. The third-order valence-corrected chi connectivity index (χ3v) is 5.09. The number of halogens is 4. The zero-order valence-electron chi connectivity index (χ0n) is 14.3. The molecule has 138 valence electrons. The van der Waals surface area contributed by atoms with Crippen molar-refractivity contribution in [1.82, 2.24) is 0 Å². The molecule has 0 aliphatic rings. The van der Waals surface area contributed by atoms with Gasteiger partial charge in [0.1, 0.15) is 6.61 Å². The highest BCUT2D eigenvalue weighted by Gasteiger charge is 2.10. The second-order valence-corrected chi connectivity index (χ2v) is 7.53. The zero-order valence-corrected chi connectivity index (χ0v) is 17.4. The topological polar surface area (TPSA) is 21.6 Å². The summed E-state index contributed by atoms with van der Waals surface area (Å²) in [7, 11) is 0. The van der Waals surface area contributed by atoms with E-state index in [0.29, 0.717) is 32.4 Å². The van der Waals surface area contributed by atoms with E-state index in [1.807, 2.05) is 43.3 Å². The van der Waals surface area contributed by atoms with Crippen LogP contribution in [0.5, 0.6) is 5.75 Å². The van der Waals surface area contributed by atoms with E-state index in [0.717, 1.165) is 22.4 Å². The standard InChI is InChI=1S/C21H15Cl4NO/c1-13-17(23)6-3-7-20(13)26-11-15-9-18(24)21(19(25)10-15)27-12-14-4-2-5-16(22)8-14/h2-11H,12H2,1H3. The molecule has 0 amide bonds. The molecule has 0 unspecified atom stereocenters. The highest BCUT2D eigenvalue weighted by molar-refractivity contribution is 6.37. The average Bonchev–Trinajstić information content (AvgIpc) is 2.62. The van der Waals surface area contributed by atoms with Crippen LogP contribution in [-0.4, -0.2) is 6.21 Å². The molecule has 0 aromatic heterocycles. The highest BCUT2D eigenvalue weighted by Crippen LogP contribution is 2.35. The molecule has 0 saturated heterocycles. The summed E-state index contributed by atoms with van der Waals surface area (Å²) >= 11 is 24.8. The predicted molar refractivity (Wildman–Crippen MR) is 116 cm³/mol. The van der Waals surface area contributed by atoms with Crippen LogP contribution in [0.25, 0.3) is 0 Å². The Hall–Kier alpha value is -1.71. The van der Waals surface area contributed by atoms with Crippen molar-refractivity contribution in [2.45, 2.75) is 13.5 Å². The molecule has 0 spiro atoms. The lowest BCUT2D eigenvalue weighted by Crippen LogP contribution is -1.97. The van der Waals surface area contributed by atoms with E-state index >= 15 is 0 Å². The average molecular weight is 439 g/mol. The summed E-state index contributed by atoms with van der Waals surface area (Å²) in [5.41, 5.74) is 3.39. The van der Waals surface area contributed by atoms with Gasteiger partial charge in [0.15, 0.2) is 5.75 Å². The van der Waals surface area contributed by atoms with Crippen LogP contribution in [0, 0.1) is 6.92 Å². The van der Waals surface area contributed by atoms with E-state index in [-0.39, 0.29) is 0 Å². The maximum Gasteiger partial charge on any atom is 0.157 e. The van der Waals surface area contributed by atoms with Gasteiger partial charge in [-0.2, -0.15) is 0 Å². The van der Waals surface area contributed by atoms with E-state index in [2.05, 4.69) is 4.99 Å². The number of hydrogen-bond acceptors (Lipinski definition) is 2. The van der Waals surface area contributed by atoms with E-state index < -0.39 is 0 Å². The molecule has 2 nitrogen and oxygen atoms in total. The summed E-state index contributed by atoms with van der Waals surface area (Å²) in [4.78, 5) is 4.47. The van der Waals surface area contributed by atoms with Gasteiger partial charge in [0, 0.05) is 16.3 Å². The monoisotopic (exact) mass is 437 g/mol. The van der Waals surface area contributed by atoms with Gasteiger partial charge in [0.25, 0.3) is 0 Å². The molecule has 0 bridgehead atoms. The van der Waals surface area contributed by atoms with Crippen molar-refractivity contribution in [3.8, 4) is 5.75 Å². The first-order valence-electron chi connectivity index (χ1n) is 8.09. The van der Waals surface area contributed by atoms with Crippen molar-refractivity contribution >= 4 is 58.3 Å². The van der Waals surface area contributed by atoms with E-state index in [4.69, 9.17) is 51.1 Å². The van der Waals surface area contributed by atoms with Crippen LogP contribution in [0.15, 0.2) is 59.6 Å². The highest BCUT2D eigenvalue weighted by atomic mass is 35.5. The summed E-state index contributed by atoms with van der Waals surface area (Å²) in [6.07, 6.45) is 1.69. The molecular weight excluding hydrogens is 424 g/mol. The largest absolute Gasteiger partial charge is 0.486 e. The van der Waals surface area contributed by atoms with Crippen LogP contribution < -0.4 is 4.74 Å². The molecule has 3 aromatic carbocycles. The number of ether oxygens (including phenoxy) is 1. The Morgan fingerprint density at radius 1 is 0.889 bits per heavy atom. The van der Waals surface area contributed by atoms with Gasteiger partial charge in [0.05, 0.1) is 15.7 Å². The fourth-order valence-corrected chi connectivity index (χ4v) is 3.45. The molecule has 0 N–H and O–H groups in total. The van der Waals surface area contributed by atoms with Crippen LogP contribution in [0.4, 0.5) is 5.69 Å². The number of hydrogen-bond donors (Lipinski definition) is 0. The summed E-state index contributed by atoms with van der Waals surface area (Å²) in [5, 5.41) is 2.14. The van der Waals surface area contributed by atoms with Gasteiger partial charge in [-0.15, -0.1) is 0 Å². The predicted octanol–water partition coefficient (Wildman–Crippen LogP) is 7.94. The number of benzene rings is 3. The van der Waals surface area contributed by atoms with E-state index in [1.165, 1.54) is 0 Å². The first-order valence-corrected chi connectivity index (χ1v) is 9.60. The van der Waals surface area contributed by atoms with Crippen molar-refractivity contribution in [2.24, 2.45) is 4.99 Å². The maximum atomic E-state index is 6.35. The Kier molecular flexibility index (Phi) is 6.67. The molecule has 0 aliphatic heterocycles. The smallest absolute Gasteiger partial charge is 0.157 e. The second kappa shape index (κ2) is 8.99. The Labute approximate surface area is 178 Å². The molecule has 0 heterocycles. The Balaban J connectivity index is 1.78. The van der Waals surface area contributed by atoms with Gasteiger partial charge in [-0.25, -0.2) is 0 Å². The Morgan fingerprint density at radius 2 is 1.59 bits per heavy atom. The van der Waals surface area contributed by atoms with Crippen molar-refractivity contribution in [2.75, 3.05) is 0 Å². The Morgan fingerprint density at radius 3 is 2.30 bits per heavy atom. The summed E-state index contributed by atoms with van der Waals surface area (Å²) < 4.78 is 5.78. The first kappa shape index (κ1) is 20.0. The molecule has 0 fully saturated rings. The quantitative estimate of drug-likeness (QED) is 0.370. The van der Waals surface area contributed by atoms with E-state index in [9.17, 15) is 0 Å². The summed E-state index contributed by atoms with van der Waals surface area (Å²) in [6, 6.07) is 16.5. The van der Waals surface area contributed by atoms with Crippen molar-refractivity contribution < 1.29 is 4.74 Å². The van der Waals surface area contributed by atoms with Crippen LogP contribution in [0.2, 0.25) is 20.1 Å². The maximum absolute atomic E-state index is 6.35. The minimum atomic E-state index is 0.315. The van der Waals surface area contributed by atoms with Crippen LogP contribution in [0.3, 0.4) is 0 Å². The second-order valence-electron chi connectivity index (χ2n) is 5.87. The molecule has 0 atom stereocenters. The molecule has 6 heteroatoms. The van der Waals surface area contributed by atoms with Crippen molar-refractivity contribution in [3.05, 3.63) is 91.4 Å².